The van der Waals surface area contributed by atoms with Gasteiger partial charge in [-0.05, 0) is 31.5 Å². The molecule has 0 aliphatic carbocycles. The summed E-state index contributed by atoms with van der Waals surface area (Å²) in [7, 11) is 1.76. The summed E-state index contributed by atoms with van der Waals surface area (Å²) in [5.74, 6) is 0.0996. The van der Waals surface area contributed by atoms with Crippen LogP contribution in [0.2, 0.25) is 0 Å². The molecule has 2 aromatic heterocycles. The number of carbonyl (C=O) groups excluding carboxylic acids is 1. The molecule has 1 amide bonds. The van der Waals surface area contributed by atoms with E-state index in [9.17, 15) is 4.79 Å². The van der Waals surface area contributed by atoms with Gasteiger partial charge in [-0.15, -0.1) is 5.10 Å². The summed E-state index contributed by atoms with van der Waals surface area (Å²) in [5.41, 5.74) is 9.53. The molecular weight excluding hydrogens is 278 g/mol. The average molecular weight is 295 g/mol. The van der Waals surface area contributed by atoms with Gasteiger partial charge in [-0.25, -0.2) is 9.50 Å². The Morgan fingerprint density at radius 1 is 1.23 bits per heavy atom. The van der Waals surface area contributed by atoms with E-state index in [0.717, 1.165) is 22.5 Å². The summed E-state index contributed by atoms with van der Waals surface area (Å²) >= 11 is 0. The molecule has 0 aliphatic heterocycles. The van der Waals surface area contributed by atoms with E-state index in [-0.39, 0.29) is 11.9 Å². The zero-order valence-corrected chi connectivity index (χ0v) is 12.7. The third-order valence-corrected chi connectivity index (χ3v) is 3.75. The summed E-state index contributed by atoms with van der Waals surface area (Å²) in [5, 5.41) is 4.15. The third-order valence-electron chi connectivity index (χ3n) is 3.75. The second kappa shape index (κ2) is 5.14. The number of nitrogens with two attached hydrogens (primary N) is 1. The summed E-state index contributed by atoms with van der Waals surface area (Å²) in [6, 6.07) is 9.51. The van der Waals surface area contributed by atoms with Gasteiger partial charge in [-0.3, -0.25) is 4.79 Å². The van der Waals surface area contributed by atoms with Crippen molar-refractivity contribution in [2.45, 2.75) is 13.8 Å². The molecule has 2 heterocycles. The summed E-state index contributed by atoms with van der Waals surface area (Å²) in [6.45, 7) is 3.75. The number of rotatable bonds is 2. The normalized spacial score (nSPS) is 10.9. The fraction of sp³-hybridized carbons (Fsp3) is 0.188. The minimum atomic E-state index is -0.0906. The minimum absolute atomic E-state index is 0.0906. The minimum Gasteiger partial charge on any atom is -0.367 e. The Hall–Kier alpha value is -2.89. The van der Waals surface area contributed by atoms with Crippen molar-refractivity contribution < 1.29 is 4.79 Å². The molecule has 0 fully saturated rings. The topological polar surface area (TPSA) is 76.5 Å². The molecule has 0 spiro atoms. The van der Waals surface area contributed by atoms with Gasteiger partial charge in [-0.1, -0.05) is 18.2 Å². The highest BCUT2D eigenvalue weighted by atomic mass is 16.2. The van der Waals surface area contributed by atoms with Crippen LogP contribution in [-0.2, 0) is 0 Å². The molecule has 6 heteroatoms. The van der Waals surface area contributed by atoms with Crippen LogP contribution < -0.4 is 10.6 Å². The Bertz CT molecular complexity index is 854. The van der Waals surface area contributed by atoms with Gasteiger partial charge >= 0.3 is 0 Å². The SMILES string of the molecule is Cc1nc(N)nn2cc(C(=O)N(C)c3ccccc3)c(C)c12. The highest BCUT2D eigenvalue weighted by Crippen LogP contribution is 2.23. The van der Waals surface area contributed by atoms with Crippen LogP contribution in [0.15, 0.2) is 36.5 Å². The number of aromatic nitrogens is 3. The van der Waals surface area contributed by atoms with Crippen LogP contribution in [0, 0.1) is 13.8 Å². The van der Waals surface area contributed by atoms with Gasteiger partial charge in [0.2, 0.25) is 5.95 Å². The smallest absolute Gasteiger partial charge is 0.259 e. The molecule has 112 valence electrons. The second-order valence-electron chi connectivity index (χ2n) is 5.22. The van der Waals surface area contributed by atoms with Crippen LogP contribution in [0.4, 0.5) is 11.6 Å². The molecule has 3 rings (SSSR count). The molecule has 0 saturated heterocycles. The molecule has 0 unspecified atom stereocenters. The second-order valence-corrected chi connectivity index (χ2v) is 5.22. The molecule has 22 heavy (non-hydrogen) atoms. The van der Waals surface area contributed by atoms with E-state index in [2.05, 4.69) is 10.1 Å². The highest BCUT2D eigenvalue weighted by Gasteiger charge is 2.20. The number of nitrogen functional groups attached to an aromatic ring is 1. The number of anilines is 2. The van der Waals surface area contributed by atoms with E-state index in [1.54, 1.807) is 22.7 Å². The van der Waals surface area contributed by atoms with Gasteiger partial charge in [-0.2, -0.15) is 0 Å². The number of fused-ring (bicyclic) bond motifs is 1. The molecule has 0 saturated carbocycles. The van der Waals surface area contributed by atoms with Crippen molar-refractivity contribution >= 4 is 23.1 Å². The Morgan fingerprint density at radius 2 is 1.91 bits per heavy atom. The highest BCUT2D eigenvalue weighted by molar-refractivity contribution is 6.07. The van der Waals surface area contributed by atoms with Gasteiger partial charge in [0.15, 0.2) is 0 Å². The van der Waals surface area contributed by atoms with Crippen LogP contribution in [0.25, 0.3) is 5.52 Å². The molecule has 1 aromatic carbocycles. The van der Waals surface area contributed by atoms with E-state index in [0.29, 0.717) is 5.56 Å². The lowest BCUT2D eigenvalue weighted by molar-refractivity contribution is 0.0992. The molecule has 0 radical (unpaired) electrons. The van der Waals surface area contributed by atoms with Gasteiger partial charge in [0.1, 0.15) is 0 Å². The van der Waals surface area contributed by atoms with Gasteiger partial charge in [0.05, 0.1) is 16.8 Å². The monoisotopic (exact) mass is 295 g/mol. The predicted molar refractivity (Wildman–Crippen MR) is 86.0 cm³/mol. The molecule has 0 aliphatic rings. The van der Waals surface area contributed by atoms with Gasteiger partial charge in [0, 0.05) is 18.9 Å². The zero-order valence-electron chi connectivity index (χ0n) is 12.7. The molecule has 0 bridgehead atoms. The fourth-order valence-corrected chi connectivity index (χ4v) is 2.62. The zero-order chi connectivity index (χ0) is 15.9. The number of nitrogens with zero attached hydrogens (tertiary/aromatic N) is 4. The third kappa shape index (κ3) is 2.18. The first-order chi connectivity index (χ1) is 10.5. The number of amides is 1. The summed E-state index contributed by atoms with van der Waals surface area (Å²) < 4.78 is 1.62. The number of hydrogen-bond acceptors (Lipinski definition) is 4. The van der Waals surface area contributed by atoms with Crippen LogP contribution >= 0.6 is 0 Å². The van der Waals surface area contributed by atoms with E-state index in [4.69, 9.17) is 5.73 Å². The van der Waals surface area contributed by atoms with Crippen molar-refractivity contribution in [1.82, 2.24) is 14.6 Å². The lowest BCUT2D eigenvalue weighted by atomic mass is 10.1. The predicted octanol–water partition coefficient (Wildman–Crippen LogP) is 2.20. The van der Waals surface area contributed by atoms with Crippen molar-refractivity contribution in [3.05, 3.63) is 53.3 Å². The Morgan fingerprint density at radius 3 is 2.59 bits per heavy atom. The number of para-hydroxylation sites is 1. The van der Waals surface area contributed by atoms with Crippen molar-refractivity contribution in [3.63, 3.8) is 0 Å². The summed E-state index contributed by atoms with van der Waals surface area (Å²) in [6.07, 6.45) is 1.71. The number of hydrogen-bond donors (Lipinski definition) is 1. The Labute approximate surface area is 128 Å². The van der Waals surface area contributed by atoms with Crippen molar-refractivity contribution in [1.29, 1.82) is 0 Å². The van der Waals surface area contributed by atoms with Crippen LogP contribution in [0.1, 0.15) is 21.6 Å². The van der Waals surface area contributed by atoms with Crippen molar-refractivity contribution in [3.8, 4) is 0 Å². The van der Waals surface area contributed by atoms with Crippen LogP contribution in [-0.4, -0.2) is 27.6 Å². The van der Waals surface area contributed by atoms with E-state index < -0.39 is 0 Å². The number of carbonyl (C=O) groups is 1. The number of aryl methyl sites for hydroxylation is 2. The first-order valence-corrected chi connectivity index (χ1v) is 6.94. The standard InChI is InChI=1S/C16H17N5O/c1-10-13(9-21-14(10)11(2)18-16(17)19-21)15(22)20(3)12-7-5-4-6-8-12/h4-9H,1-3H3,(H2,17,19). The van der Waals surface area contributed by atoms with E-state index in [1.165, 1.54) is 0 Å². The summed E-state index contributed by atoms with van der Waals surface area (Å²) in [4.78, 5) is 18.5. The quantitative estimate of drug-likeness (QED) is 0.786. The maximum absolute atomic E-state index is 12.8. The molecule has 3 aromatic rings. The lowest BCUT2D eigenvalue weighted by Crippen LogP contribution is -2.26. The number of benzene rings is 1. The van der Waals surface area contributed by atoms with Crippen LogP contribution in [0.5, 0.6) is 0 Å². The molecule has 2 N–H and O–H groups in total. The lowest BCUT2D eigenvalue weighted by Gasteiger charge is -2.16. The molecule has 0 atom stereocenters. The molecular formula is C16H17N5O. The first-order valence-electron chi connectivity index (χ1n) is 6.94. The Balaban J connectivity index is 2.09. The van der Waals surface area contributed by atoms with Crippen molar-refractivity contribution in [2.24, 2.45) is 0 Å². The largest absolute Gasteiger partial charge is 0.367 e. The van der Waals surface area contributed by atoms with Crippen LogP contribution in [0.3, 0.4) is 0 Å². The maximum Gasteiger partial charge on any atom is 0.259 e. The maximum atomic E-state index is 12.8. The fourth-order valence-electron chi connectivity index (χ4n) is 2.62. The average Bonchev–Trinajstić information content (AvgIpc) is 2.83. The Kier molecular flexibility index (Phi) is 3.29. The van der Waals surface area contributed by atoms with E-state index >= 15 is 0 Å². The first kappa shape index (κ1) is 14.1. The molecule has 6 nitrogen and oxygen atoms in total. The van der Waals surface area contributed by atoms with Gasteiger partial charge < -0.3 is 10.6 Å². The van der Waals surface area contributed by atoms with E-state index in [1.807, 2.05) is 44.2 Å². The van der Waals surface area contributed by atoms with Gasteiger partial charge in [0.25, 0.3) is 5.91 Å². The van der Waals surface area contributed by atoms with Crippen molar-refractivity contribution in [2.75, 3.05) is 17.7 Å².